The normalized spacial score (nSPS) is 11.2. The standard InChI is InChI=1S/C72H50N2O/c1-6-18-51(19-7-1)54-30-39-61(40-31-54)73(62-41-32-55(33-42-62)52-20-8-2-9-21-52)69-50-70(68(59-26-14-5-15-27-59)49-67(69)58-24-12-4-13-25-58)74(63-43-34-56(35-44-63)53-22-10-3-11-23-53)64-45-36-57(37-46-64)60-38-47-66-65-28-16-17-29-71(65)75-72(66)48-60/h1-50H. The topological polar surface area (TPSA) is 19.6 Å². The molecule has 0 aliphatic carbocycles. The second-order valence-electron chi connectivity index (χ2n) is 18.9. The van der Waals surface area contributed by atoms with E-state index < -0.39 is 0 Å². The van der Waals surface area contributed by atoms with Gasteiger partial charge in [-0.25, -0.2) is 0 Å². The fourth-order valence-corrected chi connectivity index (χ4v) is 10.5. The van der Waals surface area contributed by atoms with Crippen LogP contribution in [0.15, 0.2) is 308 Å². The zero-order chi connectivity index (χ0) is 49.9. The summed E-state index contributed by atoms with van der Waals surface area (Å²) in [6, 6.07) is 109. The average molecular weight is 959 g/mol. The Bertz CT molecular complexity index is 3960. The molecule has 0 spiro atoms. The summed E-state index contributed by atoms with van der Waals surface area (Å²) in [6.45, 7) is 0. The van der Waals surface area contributed by atoms with Crippen LogP contribution < -0.4 is 9.80 Å². The highest BCUT2D eigenvalue weighted by Gasteiger charge is 2.25. The van der Waals surface area contributed by atoms with E-state index in [9.17, 15) is 0 Å². The molecule has 0 aliphatic heterocycles. The van der Waals surface area contributed by atoms with Gasteiger partial charge in [0, 0.05) is 44.6 Å². The monoisotopic (exact) mass is 958 g/mol. The molecule has 75 heavy (non-hydrogen) atoms. The molecule has 0 saturated heterocycles. The van der Waals surface area contributed by atoms with Gasteiger partial charge in [-0.15, -0.1) is 0 Å². The highest BCUT2D eigenvalue weighted by molar-refractivity contribution is 6.06. The lowest BCUT2D eigenvalue weighted by atomic mass is 9.93. The van der Waals surface area contributed by atoms with Gasteiger partial charge in [-0.05, 0) is 134 Å². The van der Waals surface area contributed by atoms with Gasteiger partial charge < -0.3 is 14.2 Å². The predicted molar refractivity (Wildman–Crippen MR) is 316 cm³/mol. The Morgan fingerprint density at radius 3 is 0.880 bits per heavy atom. The third-order valence-electron chi connectivity index (χ3n) is 14.3. The Hall–Kier alpha value is -9.96. The molecule has 0 bridgehead atoms. The van der Waals surface area contributed by atoms with Gasteiger partial charge in [0.2, 0.25) is 0 Å². The summed E-state index contributed by atoms with van der Waals surface area (Å²) in [5, 5.41) is 2.25. The molecule has 354 valence electrons. The predicted octanol–water partition coefficient (Wildman–Crippen LogP) is 20.5. The van der Waals surface area contributed by atoms with Crippen molar-refractivity contribution in [1.29, 1.82) is 0 Å². The minimum Gasteiger partial charge on any atom is -0.456 e. The van der Waals surface area contributed by atoms with Gasteiger partial charge in [-0.3, -0.25) is 0 Å². The lowest BCUT2D eigenvalue weighted by molar-refractivity contribution is 0.669. The Balaban J connectivity index is 1.04. The van der Waals surface area contributed by atoms with E-state index in [-0.39, 0.29) is 0 Å². The van der Waals surface area contributed by atoms with Crippen LogP contribution in [0, 0.1) is 0 Å². The first-order valence-corrected chi connectivity index (χ1v) is 25.6. The van der Waals surface area contributed by atoms with Crippen LogP contribution in [0.1, 0.15) is 0 Å². The molecule has 0 fully saturated rings. The lowest BCUT2D eigenvalue weighted by Gasteiger charge is -2.33. The number of fused-ring (bicyclic) bond motifs is 3. The Labute approximate surface area is 438 Å². The summed E-state index contributed by atoms with van der Waals surface area (Å²) in [4.78, 5) is 4.86. The number of rotatable bonds is 12. The van der Waals surface area contributed by atoms with E-state index in [1.54, 1.807) is 0 Å². The molecule has 3 nitrogen and oxygen atoms in total. The van der Waals surface area contributed by atoms with E-state index in [0.717, 1.165) is 106 Å². The molecule has 0 atom stereocenters. The summed E-state index contributed by atoms with van der Waals surface area (Å²) >= 11 is 0. The number of para-hydroxylation sites is 1. The molecule has 1 aromatic heterocycles. The van der Waals surface area contributed by atoms with Crippen LogP contribution in [-0.4, -0.2) is 0 Å². The van der Waals surface area contributed by atoms with Crippen LogP contribution in [0.4, 0.5) is 34.1 Å². The van der Waals surface area contributed by atoms with Crippen molar-refractivity contribution in [2.75, 3.05) is 9.80 Å². The van der Waals surface area contributed by atoms with Crippen LogP contribution in [0.3, 0.4) is 0 Å². The van der Waals surface area contributed by atoms with Crippen molar-refractivity contribution in [2.24, 2.45) is 0 Å². The van der Waals surface area contributed by atoms with E-state index in [2.05, 4.69) is 301 Å². The summed E-state index contributed by atoms with van der Waals surface area (Å²) in [5.74, 6) is 0. The van der Waals surface area contributed by atoms with E-state index in [1.807, 2.05) is 12.1 Å². The maximum atomic E-state index is 6.36. The lowest BCUT2D eigenvalue weighted by Crippen LogP contribution is -2.15. The van der Waals surface area contributed by atoms with E-state index in [1.165, 1.54) is 16.7 Å². The minimum atomic E-state index is 0.880. The zero-order valence-corrected chi connectivity index (χ0v) is 41.2. The Kier molecular flexibility index (Phi) is 11.9. The first kappa shape index (κ1) is 44.9. The molecule has 13 aromatic rings. The molecule has 12 aromatic carbocycles. The summed E-state index contributed by atoms with van der Waals surface area (Å²) in [5.41, 5.74) is 21.6. The summed E-state index contributed by atoms with van der Waals surface area (Å²) in [7, 11) is 0. The molecule has 0 amide bonds. The number of anilines is 6. The van der Waals surface area contributed by atoms with Crippen molar-refractivity contribution in [2.45, 2.75) is 0 Å². The van der Waals surface area contributed by atoms with Crippen molar-refractivity contribution in [3.05, 3.63) is 303 Å². The van der Waals surface area contributed by atoms with E-state index >= 15 is 0 Å². The third-order valence-corrected chi connectivity index (χ3v) is 14.3. The van der Waals surface area contributed by atoms with Crippen LogP contribution in [0.2, 0.25) is 0 Å². The minimum absolute atomic E-state index is 0.880. The highest BCUT2D eigenvalue weighted by Crippen LogP contribution is 2.50. The second-order valence-corrected chi connectivity index (χ2v) is 18.9. The molecule has 0 saturated carbocycles. The first-order chi connectivity index (χ1) is 37.2. The first-order valence-electron chi connectivity index (χ1n) is 25.6. The summed E-state index contributed by atoms with van der Waals surface area (Å²) < 4.78 is 6.36. The van der Waals surface area contributed by atoms with Crippen molar-refractivity contribution in [3.63, 3.8) is 0 Å². The molecule has 0 unspecified atom stereocenters. The molecular formula is C72H50N2O. The van der Waals surface area contributed by atoms with Gasteiger partial charge >= 0.3 is 0 Å². The molecule has 1 heterocycles. The van der Waals surface area contributed by atoms with Gasteiger partial charge in [0.25, 0.3) is 0 Å². The smallest absolute Gasteiger partial charge is 0.136 e. The van der Waals surface area contributed by atoms with Crippen molar-refractivity contribution in [3.8, 4) is 66.8 Å². The highest BCUT2D eigenvalue weighted by atomic mass is 16.3. The number of hydrogen-bond acceptors (Lipinski definition) is 3. The van der Waals surface area contributed by atoms with Crippen LogP contribution in [0.25, 0.3) is 88.7 Å². The third kappa shape index (κ3) is 8.94. The average Bonchev–Trinajstić information content (AvgIpc) is 3.88. The van der Waals surface area contributed by atoms with Crippen LogP contribution >= 0.6 is 0 Å². The maximum absolute atomic E-state index is 6.36. The van der Waals surface area contributed by atoms with Crippen LogP contribution in [0.5, 0.6) is 0 Å². The summed E-state index contributed by atoms with van der Waals surface area (Å²) in [6.07, 6.45) is 0. The quantitative estimate of drug-likeness (QED) is 0.122. The van der Waals surface area contributed by atoms with Gasteiger partial charge in [0.05, 0.1) is 11.4 Å². The fraction of sp³-hybridized carbons (Fsp3) is 0. The second kappa shape index (κ2) is 19.9. The maximum Gasteiger partial charge on any atom is 0.136 e. The Morgan fingerprint density at radius 2 is 0.493 bits per heavy atom. The van der Waals surface area contributed by atoms with Gasteiger partial charge in [0.15, 0.2) is 0 Å². The number of hydrogen-bond donors (Lipinski definition) is 0. The van der Waals surface area contributed by atoms with E-state index in [4.69, 9.17) is 4.42 Å². The zero-order valence-electron chi connectivity index (χ0n) is 41.2. The molecule has 0 radical (unpaired) electrons. The largest absolute Gasteiger partial charge is 0.456 e. The molecule has 13 rings (SSSR count). The van der Waals surface area contributed by atoms with Gasteiger partial charge in [-0.2, -0.15) is 0 Å². The molecular weight excluding hydrogens is 909 g/mol. The number of furan rings is 1. The van der Waals surface area contributed by atoms with Crippen LogP contribution in [-0.2, 0) is 0 Å². The van der Waals surface area contributed by atoms with Crippen molar-refractivity contribution >= 4 is 56.1 Å². The molecule has 3 heteroatoms. The van der Waals surface area contributed by atoms with Gasteiger partial charge in [-0.1, -0.05) is 224 Å². The van der Waals surface area contributed by atoms with Crippen molar-refractivity contribution in [1.82, 2.24) is 0 Å². The Morgan fingerprint density at radius 1 is 0.200 bits per heavy atom. The SMILES string of the molecule is c1ccc(-c2ccc(N(c3ccc(-c4ccccc4)cc3)c3cc(N(c4ccc(-c5ccccc5)cc4)c4ccc(-c5ccc6c(c5)oc5ccccc56)cc4)c(-c4ccccc4)cc3-c3ccccc3)cc2)cc1. The van der Waals surface area contributed by atoms with E-state index in [0.29, 0.717) is 0 Å². The molecule has 0 aliphatic rings. The molecule has 0 N–H and O–H groups in total. The van der Waals surface area contributed by atoms with Crippen molar-refractivity contribution < 1.29 is 4.42 Å². The van der Waals surface area contributed by atoms with Gasteiger partial charge in [0.1, 0.15) is 11.2 Å². The number of benzene rings is 12. The fourth-order valence-electron chi connectivity index (χ4n) is 10.5. The number of nitrogens with zero attached hydrogens (tertiary/aromatic N) is 2.